The highest BCUT2D eigenvalue weighted by Gasteiger charge is 2.15. The summed E-state index contributed by atoms with van der Waals surface area (Å²) < 4.78 is 0. The maximum atomic E-state index is 10.2. The second kappa shape index (κ2) is 35.3. The number of aliphatic hydroxyl groups excluding tert-OH is 1. The molecule has 0 rings (SSSR count). The Labute approximate surface area is 264 Å². The fourth-order valence-corrected chi connectivity index (χ4v) is 6.50. The van der Waals surface area contributed by atoms with E-state index in [-0.39, 0.29) is 6.54 Å². The number of rotatable bonds is 36. The van der Waals surface area contributed by atoms with Gasteiger partial charge in [0.25, 0.3) is 0 Å². The lowest BCUT2D eigenvalue weighted by atomic mass is 9.93. The van der Waals surface area contributed by atoms with Crippen LogP contribution in [0.5, 0.6) is 0 Å². The molecule has 0 heterocycles. The van der Waals surface area contributed by atoms with Gasteiger partial charge in [-0.15, -0.1) is 0 Å². The van der Waals surface area contributed by atoms with E-state index in [0.717, 1.165) is 17.9 Å². The lowest BCUT2D eigenvalue weighted by molar-refractivity contribution is -0.164. The van der Waals surface area contributed by atoms with E-state index in [2.05, 4.69) is 13.8 Å². The molecule has 0 spiro atoms. The third kappa shape index (κ3) is 34.3. The Balaban J connectivity index is 3.74. The highest BCUT2D eigenvalue weighted by Crippen LogP contribution is 2.21. The Morgan fingerprint density at radius 2 is 0.595 bits per heavy atom. The minimum atomic E-state index is -1.47. The van der Waals surface area contributed by atoms with Crippen LogP contribution in [0.15, 0.2) is 0 Å². The number of hydrogen-bond acceptors (Lipinski definition) is 4. The molecule has 0 radical (unpaired) electrons. The molecule has 0 amide bonds. The van der Waals surface area contributed by atoms with Gasteiger partial charge in [-0.1, -0.05) is 206 Å². The summed E-state index contributed by atoms with van der Waals surface area (Å²) in [6.07, 6.45) is 42.4. The Bertz CT molecular complexity index is 487. The van der Waals surface area contributed by atoms with Crippen molar-refractivity contribution in [2.45, 2.75) is 226 Å². The van der Waals surface area contributed by atoms with E-state index in [1.165, 1.54) is 193 Å². The highest BCUT2D eigenvalue weighted by molar-refractivity contribution is 4.64. The number of aliphatic hydroxyl groups is 2. The molecule has 0 aromatic heterocycles. The van der Waals surface area contributed by atoms with E-state index in [1.54, 1.807) is 0 Å². The maximum Gasteiger partial charge on any atom is 0.166 e. The monoisotopic (exact) mass is 598 g/mol. The van der Waals surface area contributed by atoms with Gasteiger partial charge in [0.05, 0.1) is 6.54 Å². The summed E-state index contributed by atoms with van der Waals surface area (Å²) in [6.45, 7) is 5.07. The smallest absolute Gasteiger partial charge is 0.166 e. The first-order valence-corrected chi connectivity index (χ1v) is 19.4. The average Bonchev–Trinajstić information content (AvgIpc) is 2.96. The first-order valence-electron chi connectivity index (χ1n) is 19.4. The lowest BCUT2D eigenvalue weighted by Gasteiger charge is -2.23. The quantitative estimate of drug-likeness (QED) is 0.0382. The van der Waals surface area contributed by atoms with Gasteiger partial charge >= 0.3 is 0 Å². The lowest BCUT2D eigenvalue weighted by Crippen LogP contribution is -2.33. The van der Waals surface area contributed by atoms with Crippen molar-refractivity contribution < 1.29 is 15.4 Å². The van der Waals surface area contributed by atoms with Gasteiger partial charge in [-0.2, -0.15) is 5.06 Å². The topological polar surface area (TPSA) is 63.9 Å². The van der Waals surface area contributed by atoms with E-state index < -0.39 is 6.29 Å². The van der Waals surface area contributed by atoms with Crippen LogP contribution in [-0.2, 0) is 0 Å². The molecule has 0 aliphatic carbocycles. The van der Waals surface area contributed by atoms with E-state index in [0.29, 0.717) is 12.5 Å². The van der Waals surface area contributed by atoms with Gasteiger partial charge in [-0.05, 0) is 18.8 Å². The Hall–Kier alpha value is -0.160. The third-order valence-corrected chi connectivity index (χ3v) is 9.27. The predicted octanol–water partition coefficient (Wildman–Crippen LogP) is 12.1. The van der Waals surface area contributed by atoms with Crippen LogP contribution in [0.1, 0.15) is 219 Å². The summed E-state index contributed by atoms with van der Waals surface area (Å²) in [5.74, 6) is 0.456. The van der Waals surface area contributed by atoms with Crippen LogP contribution in [0.4, 0.5) is 0 Å². The molecule has 4 heteroatoms. The Kier molecular flexibility index (Phi) is 35.2. The first-order chi connectivity index (χ1) is 20.6. The molecule has 4 nitrogen and oxygen atoms in total. The van der Waals surface area contributed by atoms with Crippen molar-refractivity contribution in [1.29, 1.82) is 0 Å². The molecule has 0 aliphatic rings. The van der Waals surface area contributed by atoms with Crippen molar-refractivity contribution in [3.63, 3.8) is 0 Å². The normalized spacial score (nSPS) is 12.6. The molecule has 0 saturated carbocycles. The summed E-state index contributed by atoms with van der Waals surface area (Å²) in [6, 6.07) is 0. The molecule has 0 fully saturated rings. The van der Waals surface area contributed by atoms with Crippen molar-refractivity contribution in [3.05, 3.63) is 0 Å². The summed E-state index contributed by atoms with van der Waals surface area (Å²) in [5.41, 5.74) is 0. The zero-order chi connectivity index (χ0) is 30.8. The zero-order valence-corrected chi connectivity index (χ0v) is 29.0. The van der Waals surface area contributed by atoms with E-state index >= 15 is 0 Å². The minimum absolute atomic E-state index is 0.0752. The van der Waals surface area contributed by atoms with Gasteiger partial charge in [0.15, 0.2) is 6.29 Å². The fraction of sp³-hybridized carbons (Fsp3) is 1.00. The molecule has 0 saturated heterocycles. The highest BCUT2D eigenvalue weighted by atomic mass is 16.5. The van der Waals surface area contributed by atoms with Crippen molar-refractivity contribution >= 4 is 0 Å². The predicted molar refractivity (Wildman–Crippen MR) is 184 cm³/mol. The van der Waals surface area contributed by atoms with Gasteiger partial charge in [-0.3, -0.25) is 0 Å². The van der Waals surface area contributed by atoms with E-state index in [1.807, 2.05) is 0 Å². The molecular weight excluding hydrogens is 518 g/mol. The number of hydrogen-bond donors (Lipinski definition) is 3. The number of nitrogens with zero attached hydrogens (tertiary/aromatic N) is 1. The standard InChI is InChI=1S/C38H79NO3/c1-3-5-7-9-11-13-15-17-19-20-22-24-26-28-30-32-34-37(35-39(42)36-38(40)41)33-31-29-27-25-23-21-18-16-14-12-10-8-6-4-2/h37-38,40-42H,3-36H2,1-2H3. The first kappa shape index (κ1) is 41.8. The molecule has 0 aliphatic heterocycles. The van der Waals surface area contributed by atoms with Crippen LogP contribution < -0.4 is 0 Å². The number of unbranched alkanes of at least 4 members (excludes halogenated alkanes) is 28. The van der Waals surface area contributed by atoms with Crippen molar-refractivity contribution in [3.8, 4) is 0 Å². The summed E-state index contributed by atoms with van der Waals surface area (Å²) in [4.78, 5) is 0. The van der Waals surface area contributed by atoms with Gasteiger partial charge in [-0.25, -0.2) is 0 Å². The second-order valence-electron chi connectivity index (χ2n) is 13.7. The van der Waals surface area contributed by atoms with Crippen LogP contribution in [0.25, 0.3) is 0 Å². The molecule has 1 unspecified atom stereocenters. The van der Waals surface area contributed by atoms with Gasteiger partial charge in [0.1, 0.15) is 0 Å². The number of hydroxylamine groups is 2. The SMILES string of the molecule is CCCCCCCCCCCCCCCCCCC(CCCCCCCCCCCCCCCC)CN(O)CC(O)O. The van der Waals surface area contributed by atoms with E-state index in [4.69, 9.17) is 0 Å². The summed E-state index contributed by atoms with van der Waals surface area (Å²) in [5, 5.41) is 29.7. The van der Waals surface area contributed by atoms with Crippen molar-refractivity contribution in [1.82, 2.24) is 5.06 Å². The molecule has 0 aromatic carbocycles. The average molecular weight is 598 g/mol. The Morgan fingerprint density at radius 1 is 0.357 bits per heavy atom. The molecule has 254 valence electrons. The summed E-state index contributed by atoms with van der Waals surface area (Å²) >= 11 is 0. The van der Waals surface area contributed by atoms with Crippen molar-refractivity contribution in [2.75, 3.05) is 13.1 Å². The summed E-state index contributed by atoms with van der Waals surface area (Å²) in [7, 11) is 0. The van der Waals surface area contributed by atoms with Gasteiger partial charge in [0.2, 0.25) is 0 Å². The molecule has 1 atom stereocenters. The van der Waals surface area contributed by atoms with E-state index in [9.17, 15) is 15.4 Å². The molecule has 0 bridgehead atoms. The molecule has 3 N–H and O–H groups in total. The zero-order valence-electron chi connectivity index (χ0n) is 29.0. The van der Waals surface area contributed by atoms with Crippen molar-refractivity contribution in [2.24, 2.45) is 5.92 Å². The van der Waals surface area contributed by atoms with Crippen LogP contribution in [0.3, 0.4) is 0 Å². The Morgan fingerprint density at radius 3 is 0.833 bits per heavy atom. The second-order valence-corrected chi connectivity index (χ2v) is 13.7. The van der Waals surface area contributed by atoms with Gasteiger partial charge < -0.3 is 15.4 Å². The largest absolute Gasteiger partial charge is 0.367 e. The third-order valence-electron chi connectivity index (χ3n) is 9.27. The molecule has 42 heavy (non-hydrogen) atoms. The molecular formula is C38H79NO3. The molecule has 0 aromatic rings. The van der Waals surface area contributed by atoms with Crippen LogP contribution in [0, 0.1) is 5.92 Å². The fourth-order valence-electron chi connectivity index (χ4n) is 6.50. The van der Waals surface area contributed by atoms with Gasteiger partial charge in [0, 0.05) is 6.54 Å². The minimum Gasteiger partial charge on any atom is -0.367 e. The van der Waals surface area contributed by atoms with Crippen LogP contribution in [-0.4, -0.2) is 39.9 Å². The van der Waals surface area contributed by atoms with Crippen LogP contribution in [0.2, 0.25) is 0 Å². The maximum absolute atomic E-state index is 10.2. The van der Waals surface area contributed by atoms with Crippen LogP contribution >= 0.6 is 0 Å².